The molecule has 0 spiro atoms. The molecule has 0 radical (unpaired) electrons. The number of carbonyl (C=O) groups is 2. The van der Waals surface area contributed by atoms with E-state index in [1.165, 1.54) is 0 Å². The first kappa shape index (κ1) is 17.0. The van der Waals surface area contributed by atoms with Crippen molar-refractivity contribution in [3.05, 3.63) is 35.9 Å². The second kappa shape index (κ2) is 8.28. The van der Waals surface area contributed by atoms with Crippen LogP contribution in [0.25, 0.3) is 0 Å². The maximum Gasteiger partial charge on any atom is 0.345 e. The van der Waals surface area contributed by atoms with Crippen molar-refractivity contribution in [1.29, 1.82) is 0 Å². The number of carboxylic acids is 1. The molecule has 0 unspecified atom stereocenters. The Balaban J connectivity index is 2.54. The second-order valence-electron chi connectivity index (χ2n) is 4.29. The van der Waals surface area contributed by atoms with Crippen molar-refractivity contribution in [3.8, 4) is 0 Å². The molecule has 2 atom stereocenters. The number of ether oxygens (including phenoxy) is 1. The molecule has 1 amide bonds. The molecule has 1 aromatic carbocycles. The largest absolute Gasteiger partial charge is 0.480 e. The van der Waals surface area contributed by atoms with Crippen LogP contribution in [0, 0.1) is 0 Å². The van der Waals surface area contributed by atoms with Crippen molar-refractivity contribution in [2.75, 3.05) is 6.61 Å². The number of nitrogens with two attached hydrogens (primary N) is 1. The Kier molecular flexibility index (Phi) is 6.70. The average Bonchev–Trinajstić information content (AvgIpc) is 2.43. The number of alkyl halides is 2. The first-order valence-corrected chi connectivity index (χ1v) is 6.12. The van der Waals surface area contributed by atoms with E-state index in [1.807, 2.05) is 0 Å². The fourth-order valence-electron chi connectivity index (χ4n) is 1.58. The highest BCUT2D eigenvalue weighted by atomic mass is 19.3. The lowest BCUT2D eigenvalue weighted by Crippen LogP contribution is -2.51. The lowest BCUT2D eigenvalue weighted by Gasteiger charge is -2.17. The van der Waals surface area contributed by atoms with Gasteiger partial charge in [-0.25, -0.2) is 4.79 Å². The summed E-state index contributed by atoms with van der Waals surface area (Å²) in [5, 5.41) is 10.9. The Morgan fingerprint density at radius 2 is 1.90 bits per heavy atom. The molecule has 0 aliphatic carbocycles. The molecular formula is C13H16F2N2O4. The van der Waals surface area contributed by atoms with Crippen LogP contribution in [0.1, 0.15) is 5.56 Å². The van der Waals surface area contributed by atoms with Crippen LogP contribution in [0.5, 0.6) is 0 Å². The summed E-state index contributed by atoms with van der Waals surface area (Å²) in [5.74, 6) is -2.22. The minimum Gasteiger partial charge on any atom is -0.480 e. The molecule has 0 aliphatic heterocycles. The Morgan fingerprint density at radius 1 is 1.29 bits per heavy atom. The Hall–Kier alpha value is -2.06. The van der Waals surface area contributed by atoms with Crippen molar-refractivity contribution in [1.82, 2.24) is 5.32 Å². The molecule has 0 heterocycles. The number of benzene rings is 1. The van der Waals surface area contributed by atoms with E-state index in [0.717, 1.165) is 5.56 Å². The van der Waals surface area contributed by atoms with E-state index in [-0.39, 0.29) is 6.42 Å². The first-order valence-electron chi connectivity index (χ1n) is 6.12. The molecule has 1 aromatic rings. The van der Waals surface area contributed by atoms with Crippen LogP contribution in [-0.2, 0) is 20.7 Å². The summed E-state index contributed by atoms with van der Waals surface area (Å²) in [6.45, 7) is -3.95. The van der Waals surface area contributed by atoms with Gasteiger partial charge in [0.2, 0.25) is 5.91 Å². The van der Waals surface area contributed by atoms with E-state index in [1.54, 1.807) is 30.3 Å². The van der Waals surface area contributed by atoms with E-state index < -0.39 is 37.2 Å². The number of nitrogens with one attached hydrogen (secondary N) is 1. The number of aliphatic carboxylic acids is 1. The minimum atomic E-state index is -3.11. The van der Waals surface area contributed by atoms with Gasteiger partial charge in [-0.05, 0) is 12.0 Å². The topological polar surface area (TPSA) is 102 Å². The SMILES string of the molecule is N[C@@H](Cc1ccccc1)C(=O)N[C@@H](COC(F)F)C(=O)O. The standard InChI is InChI=1S/C13H16F2N2O4/c14-13(15)21-7-10(12(19)20)17-11(18)9(16)6-8-4-2-1-3-5-8/h1-5,9-10,13H,6-7,16H2,(H,17,18)(H,19,20)/t9-,10-/m0/s1. The summed E-state index contributed by atoms with van der Waals surface area (Å²) in [5.41, 5.74) is 6.46. The van der Waals surface area contributed by atoms with Gasteiger partial charge in [-0.2, -0.15) is 8.78 Å². The predicted molar refractivity (Wildman–Crippen MR) is 69.6 cm³/mol. The zero-order valence-electron chi connectivity index (χ0n) is 11.0. The molecular weight excluding hydrogens is 286 g/mol. The number of carbonyl (C=O) groups excluding carboxylic acids is 1. The van der Waals surface area contributed by atoms with Crippen LogP contribution >= 0.6 is 0 Å². The summed E-state index contributed by atoms with van der Waals surface area (Å²) < 4.78 is 27.7. The van der Waals surface area contributed by atoms with Crippen molar-refractivity contribution in [3.63, 3.8) is 0 Å². The summed E-state index contributed by atoms with van der Waals surface area (Å²) in [4.78, 5) is 22.6. The van der Waals surface area contributed by atoms with Gasteiger partial charge in [0.25, 0.3) is 0 Å². The lowest BCUT2D eigenvalue weighted by atomic mass is 10.1. The molecule has 116 valence electrons. The molecule has 0 aliphatic rings. The number of carboxylic acid groups (broad SMARTS) is 1. The molecule has 21 heavy (non-hydrogen) atoms. The molecule has 8 heteroatoms. The third-order valence-electron chi connectivity index (χ3n) is 2.64. The van der Waals surface area contributed by atoms with E-state index in [9.17, 15) is 18.4 Å². The molecule has 1 rings (SSSR count). The minimum absolute atomic E-state index is 0.203. The highest BCUT2D eigenvalue weighted by molar-refractivity contribution is 5.87. The van der Waals surface area contributed by atoms with Gasteiger partial charge in [0.05, 0.1) is 12.6 Å². The molecule has 6 nitrogen and oxygen atoms in total. The van der Waals surface area contributed by atoms with Crippen LogP contribution in [0.15, 0.2) is 30.3 Å². The Labute approximate surface area is 119 Å². The molecule has 0 saturated heterocycles. The van der Waals surface area contributed by atoms with E-state index in [2.05, 4.69) is 10.1 Å². The maximum atomic E-state index is 11.9. The van der Waals surface area contributed by atoms with Crippen LogP contribution in [0.3, 0.4) is 0 Å². The quantitative estimate of drug-likeness (QED) is 0.644. The normalized spacial score (nSPS) is 13.7. The zero-order valence-corrected chi connectivity index (χ0v) is 11.0. The van der Waals surface area contributed by atoms with Gasteiger partial charge in [-0.3, -0.25) is 4.79 Å². The van der Waals surface area contributed by atoms with Gasteiger partial charge in [-0.15, -0.1) is 0 Å². The van der Waals surface area contributed by atoms with Gasteiger partial charge >= 0.3 is 12.6 Å². The Bertz CT molecular complexity index is 470. The van der Waals surface area contributed by atoms with Crippen molar-refractivity contribution >= 4 is 11.9 Å². The van der Waals surface area contributed by atoms with Crippen LogP contribution < -0.4 is 11.1 Å². The van der Waals surface area contributed by atoms with Gasteiger partial charge in [0.15, 0.2) is 6.04 Å². The summed E-state index contributed by atoms with van der Waals surface area (Å²) in [7, 11) is 0. The second-order valence-corrected chi connectivity index (χ2v) is 4.29. The van der Waals surface area contributed by atoms with Crippen LogP contribution in [-0.4, -0.2) is 42.3 Å². The third kappa shape index (κ3) is 6.28. The van der Waals surface area contributed by atoms with Crippen molar-refractivity contribution < 1.29 is 28.2 Å². The monoisotopic (exact) mass is 302 g/mol. The van der Waals surface area contributed by atoms with E-state index in [4.69, 9.17) is 10.8 Å². The summed E-state index contributed by atoms with van der Waals surface area (Å²) in [6, 6.07) is 6.32. The highest BCUT2D eigenvalue weighted by Gasteiger charge is 2.24. The van der Waals surface area contributed by atoms with Crippen molar-refractivity contribution in [2.24, 2.45) is 5.73 Å². The number of amides is 1. The molecule has 0 saturated carbocycles. The lowest BCUT2D eigenvalue weighted by molar-refractivity contribution is -0.156. The highest BCUT2D eigenvalue weighted by Crippen LogP contribution is 2.03. The summed E-state index contributed by atoms with van der Waals surface area (Å²) >= 11 is 0. The van der Waals surface area contributed by atoms with Crippen LogP contribution in [0.4, 0.5) is 8.78 Å². The average molecular weight is 302 g/mol. The predicted octanol–water partition coefficient (Wildman–Crippen LogP) is 0.365. The molecule has 0 fully saturated rings. The van der Waals surface area contributed by atoms with Gasteiger partial charge < -0.3 is 20.9 Å². The van der Waals surface area contributed by atoms with Crippen molar-refractivity contribution in [2.45, 2.75) is 25.1 Å². The van der Waals surface area contributed by atoms with Gasteiger partial charge in [-0.1, -0.05) is 30.3 Å². The number of halogens is 2. The number of rotatable bonds is 8. The number of hydrogen-bond donors (Lipinski definition) is 3. The van der Waals surface area contributed by atoms with Gasteiger partial charge in [0.1, 0.15) is 0 Å². The zero-order chi connectivity index (χ0) is 15.8. The molecule has 0 aromatic heterocycles. The third-order valence-corrected chi connectivity index (χ3v) is 2.64. The fourth-order valence-corrected chi connectivity index (χ4v) is 1.58. The van der Waals surface area contributed by atoms with Gasteiger partial charge in [0, 0.05) is 0 Å². The fraction of sp³-hybridized carbons (Fsp3) is 0.385. The Morgan fingerprint density at radius 3 is 2.43 bits per heavy atom. The molecule has 0 bridgehead atoms. The number of hydrogen-bond acceptors (Lipinski definition) is 4. The summed E-state index contributed by atoms with van der Waals surface area (Å²) in [6.07, 6.45) is 0.203. The first-order chi connectivity index (χ1) is 9.90. The molecule has 4 N–H and O–H groups in total. The van der Waals surface area contributed by atoms with Crippen LogP contribution in [0.2, 0.25) is 0 Å². The van der Waals surface area contributed by atoms with E-state index in [0.29, 0.717) is 0 Å². The van der Waals surface area contributed by atoms with E-state index >= 15 is 0 Å². The smallest absolute Gasteiger partial charge is 0.345 e. The maximum absolute atomic E-state index is 11.9.